The third-order valence-corrected chi connectivity index (χ3v) is 14.2. The number of rotatable bonds is 4. The minimum Gasteiger partial charge on any atom is -0.401 e. The number of benzene rings is 2. The SMILES string of the molecule is C/C1=C\CCC2(C#N)CCCC2CCC/C=C/C(O[Si](c2ccccc2)(c2ccccc2)C(C)(C)C)CC1. The molecule has 0 saturated heterocycles. The second kappa shape index (κ2) is 12.6. The van der Waals surface area contributed by atoms with Crippen molar-refractivity contribution >= 4 is 18.7 Å². The minimum absolute atomic E-state index is 0.0311. The third-order valence-electron chi connectivity index (χ3n) is 9.11. The Labute approximate surface area is 233 Å². The summed E-state index contributed by atoms with van der Waals surface area (Å²) >= 11 is 0. The summed E-state index contributed by atoms with van der Waals surface area (Å²) in [6, 6.07) is 24.8. The van der Waals surface area contributed by atoms with E-state index < -0.39 is 8.32 Å². The van der Waals surface area contributed by atoms with Crippen molar-refractivity contribution in [2.75, 3.05) is 0 Å². The van der Waals surface area contributed by atoms with Crippen LogP contribution in [0, 0.1) is 22.7 Å². The maximum absolute atomic E-state index is 10.1. The van der Waals surface area contributed by atoms with Crippen LogP contribution >= 0.6 is 0 Å². The summed E-state index contributed by atoms with van der Waals surface area (Å²) in [6.45, 7) is 9.35. The van der Waals surface area contributed by atoms with E-state index in [2.05, 4.69) is 113 Å². The summed E-state index contributed by atoms with van der Waals surface area (Å²) < 4.78 is 7.51. The van der Waals surface area contributed by atoms with Gasteiger partial charge in [-0.2, -0.15) is 5.26 Å². The van der Waals surface area contributed by atoms with Crippen LogP contribution in [0.3, 0.4) is 0 Å². The Morgan fingerprint density at radius 1 is 0.868 bits per heavy atom. The minimum atomic E-state index is -2.61. The first kappa shape index (κ1) is 28.6. The van der Waals surface area contributed by atoms with Gasteiger partial charge in [0.2, 0.25) is 0 Å². The number of allylic oxidation sites excluding steroid dienone is 3. The van der Waals surface area contributed by atoms with Crippen LogP contribution in [-0.4, -0.2) is 14.4 Å². The van der Waals surface area contributed by atoms with Crippen molar-refractivity contribution in [1.29, 1.82) is 5.26 Å². The van der Waals surface area contributed by atoms with E-state index in [1.165, 1.54) is 35.2 Å². The fourth-order valence-corrected chi connectivity index (χ4v) is 11.7. The van der Waals surface area contributed by atoms with E-state index in [1.54, 1.807) is 0 Å². The molecule has 0 spiro atoms. The second-order valence-corrected chi connectivity index (χ2v) is 16.9. The van der Waals surface area contributed by atoms with Gasteiger partial charge in [-0.25, -0.2) is 0 Å². The number of fused-ring (bicyclic) bond motifs is 1. The maximum atomic E-state index is 10.1. The molecule has 2 aromatic rings. The average Bonchev–Trinajstić information content (AvgIpc) is 3.32. The van der Waals surface area contributed by atoms with Crippen LogP contribution in [0.15, 0.2) is 84.5 Å². The zero-order valence-corrected chi connectivity index (χ0v) is 25.1. The summed E-state index contributed by atoms with van der Waals surface area (Å²) in [5.41, 5.74) is 1.33. The lowest BCUT2D eigenvalue weighted by Gasteiger charge is -2.45. The lowest BCUT2D eigenvalue weighted by Crippen LogP contribution is -2.67. The monoisotopic (exact) mass is 525 g/mol. The first-order chi connectivity index (χ1) is 18.3. The van der Waals surface area contributed by atoms with Crippen molar-refractivity contribution in [3.8, 4) is 6.07 Å². The van der Waals surface area contributed by atoms with E-state index in [0.717, 1.165) is 44.9 Å². The Morgan fingerprint density at radius 2 is 1.50 bits per heavy atom. The molecule has 1 fully saturated rings. The van der Waals surface area contributed by atoms with E-state index in [4.69, 9.17) is 4.43 Å². The smallest absolute Gasteiger partial charge is 0.261 e. The summed E-state index contributed by atoms with van der Waals surface area (Å²) in [6.07, 6.45) is 18.2. The molecule has 2 aliphatic carbocycles. The molecule has 0 heterocycles. The first-order valence-electron chi connectivity index (χ1n) is 14.8. The molecule has 0 aromatic heterocycles. The zero-order chi connectivity index (χ0) is 27.1. The Kier molecular flexibility index (Phi) is 9.50. The molecule has 3 unspecified atom stereocenters. The molecule has 38 heavy (non-hydrogen) atoms. The molecule has 0 amide bonds. The molecule has 1 saturated carbocycles. The number of hydrogen-bond acceptors (Lipinski definition) is 2. The van der Waals surface area contributed by atoms with Gasteiger partial charge >= 0.3 is 0 Å². The first-order valence-corrected chi connectivity index (χ1v) is 16.7. The van der Waals surface area contributed by atoms with Gasteiger partial charge in [0.15, 0.2) is 0 Å². The Hall–Kier alpha value is -2.41. The van der Waals surface area contributed by atoms with Gasteiger partial charge in [-0.05, 0) is 86.0 Å². The number of nitrogens with zero attached hydrogens (tertiary/aromatic N) is 1. The standard InChI is InChI=1S/C35H47NOSi/c1-29-16-14-26-35(28-36)27-15-18-30(35)17-8-5-9-19-31(25-24-29)37-38(34(2,3)4,32-20-10-6-11-21-32)33-22-12-7-13-23-33/h6-7,9-13,16,19-23,30-31H,5,8,14-15,17-18,24-27H2,1-4H3/b19-9+,29-16+. The highest BCUT2D eigenvalue weighted by Crippen LogP contribution is 2.49. The van der Waals surface area contributed by atoms with E-state index >= 15 is 0 Å². The van der Waals surface area contributed by atoms with Crippen LogP contribution in [0.1, 0.15) is 91.9 Å². The van der Waals surface area contributed by atoms with Crippen molar-refractivity contribution in [2.24, 2.45) is 11.3 Å². The molecule has 0 bridgehead atoms. The number of nitriles is 1. The third kappa shape index (κ3) is 6.24. The lowest BCUT2D eigenvalue weighted by molar-refractivity contribution is 0.222. The van der Waals surface area contributed by atoms with E-state index in [0.29, 0.717) is 5.92 Å². The summed E-state index contributed by atoms with van der Waals surface area (Å²) in [4.78, 5) is 0. The molecule has 2 aromatic carbocycles. The molecule has 202 valence electrons. The fraction of sp³-hybridized carbons (Fsp3) is 0.514. The molecule has 3 heteroatoms. The largest absolute Gasteiger partial charge is 0.401 e. The van der Waals surface area contributed by atoms with Gasteiger partial charge in [-0.1, -0.05) is 112 Å². The normalized spacial score (nSPS) is 27.8. The summed E-state index contributed by atoms with van der Waals surface area (Å²) in [5.74, 6) is 0.557. The van der Waals surface area contributed by atoms with E-state index in [1.807, 2.05) is 0 Å². The van der Waals surface area contributed by atoms with Crippen LogP contribution in [0.2, 0.25) is 5.04 Å². The highest BCUT2D eigenvalue weighted by Gasteiger charge is 2.51. The predicted molar refractivity (Wildman–Crippen MR) is 163 cm³/mol. The van der Waals surface area contributed by atoms with Gasteiger partial charge in [0.25, 0.3) is 8.32 Å². The maximum Gasteiger partial charge on any atom is 0.261 e. The van der Waals surface area contributed by atoms with Gasteiger partial charge in [0, 0.05) is 0 Å². The van der Waals surface area contributed by atoms with Crippen molar-refractivity contribution in [3.05, 3.63) is 84.5 Å². The molecule has 0 aliphatic heterocycles. The molecule has 2 aliphatic rings. The highest BCUT2D eigenvalue weighted by molar-refractivity contribution is 6.99. The molecular weight excluding hydrogens is 478 g/mol. The molecule has 4 rings (SSSR count). The number of hydrogen-bond donors (Lipinski definition) is 0. The van der Waals surface area contributed by atoms with Gasteiger partial charge in [0.05, 0.1) is 17.6 Å². The van der Waals surface area contributed by atoms with Crippen molar-refractivity contribution in [3.63, 3.8) is 0 Å². The molecule has 0 N–H and O–H groups in total. The quantitative estimate of drug-likeness (QED) is 0.296. The summed E-state index contributed by atoms with van der Waals surface area (Å²) in [5, 5.41) is 12.8. The Bertz CT molecular complexity index is 1080. The van der Waals surface area contributed by atoms with Gasteiger partial charge in [-0.3, -0.25) is 0 Å². The van der Waals surface area contributed by atoms with Crippen molar-refractivity contribution in [1.82, 2.24) is 0 Å². The average molecular weight is 526 g/mol. The topological polar surface area (TPSA) is 33.0 Å². The van der Waals surface area contributed by atoms with Crippen LogP contribution in [-0.2, 0) is 4.43 Å². The highest BCUT2D eigenvalue weighted by atomic mass is 28.4. The molecule has 0 radical (unpaired) electrons. The summed E-state index contributed by atoms with van der Waals surface area (Å²) in [7, 11) is -2.61. The molecule has 3 atom stereocenters. The predicted octanol–water partition coefficient (Wildman–Crippen LogP) is 8.49. The van der Waals surface area contributed by atoms with Gasteiger partial charge in [-0.15, -0.1) is 0 Å². The van der Waals surface area contributed by atoms with Gasteiger partial charge in [0.1, 0.15) is 0 Å². The second-order valence-electron chi connectivity index (χ2n) is 12.7. The molecule has 2 nitrogen and oxygen atoms in total. The zero-order valence-electron chi connectivity index (χ0n) is 24.1. The lowest BCUT2D eigenvalue weighted by atomic mass is 9.73. The van der Waals surface area contributed by atoms with Crippen LogP contribution in [0.5, 0.6) is 0 Å². The van der Waals surface area contributed by atoms with Crippen LogP contribution in [0.4, 0.5) is 0 Å². The molecular formula is C35H47NOSi. The van der Waals surface area contributed by atoms with Crippen LogP contribution < -0.4 is 10.4 Å². The fourth-order valence-electron chi connectivity index (χ4n) is 6.99. The van der Waals surface area contributed by atoms with E-state index in [9.17, 15) is 5.26 Å². The van der Waals surface area contributed by atoms with E-state index in [-0.39, 0.29) is 16.6 Å². The van der Waals surface area contributed by atoms with Crippen molar-refractivity contribution in [2.45, 2.75) is 103 Å². The van der Waals surface area contributed by atoms with Gasteiger partial charge < -0.3 is 4.43 Å². The Balaban J connectivity index is 1.66. The Morgan fingerprint density at radius 3 is 2.11 bits per heavy atom. The van der Waals surface area contributed by atoms with Crippen molar-refractivity contribution < 1.29 is 4.43 Å². The van der Waals surface area contributed by atoms with Crippen LogP contribution in [0.25, 0.3) is 0 Å².